The first-order valence-corrected chi connectivity index (χ1v) is 7.86. The molecule has 6 heteroatoms. The molecule has 22 heavy (non-hydrogen) atoms. The van der Waals surface area contributed by atoms with Gasteiger partial charge in [-0.1, -0.05) is 0 Å². The molecule has 0 atom stereocenters. The Kier molecular flexibility index (Phi) is 5.49. The van der Waals surface area contributed by atoms with Gasteiger partial charge in [0.25, 0.3) is 11.6 Å². The van der Waals surface area contributed by atoms with E-state index in [1.54, 1.807) is 6.07 Å². The van der Waals surface area contributed by atoms with Gasteiger partial charge in [0.15, 0.2) is 6.54 Å². The van der Waals surface area contributed by atoms with Gasteiger partial charge in [0.1, 0.15) is 5.69 Å². The second-order valence-electron chi connectivity index (χ2n) is 6.10. The standard InChI is InChI=1S/C16H23N3O3/c1-12-9-14(15(19(21)22)10-13(12)2)17-16(20)11-18-7-5-3-4-6-8-18/h9-10H,3-8,11H2,1-2H3,(H,17,20)/p+1. The Bertz CT molecular complexity index is 564. The lowest BCUT2D eigenvalue weighted by molar-refractivity contribution is -0.890. The Morgan fingerprint density at radius 1 is 1.18 bits per heavy atom. The number of benzene rings is 1. The van der Waals surface area contributed by atoms with Gasteiger partial charge in [-0.3, -0.25) is 14.9 Å². The van der Waals surface area contributed by atoms with Gasteiger partial charge in [0.2, 0.25) is 0 Å². The first-order chi connectivity index (χ1) is 10.5. The van der Waals surface area contributed by atoms with Gasteiger partial charge < -0.3 is 10.2 Å². The average Bonchev–Trinajstić information content (AvgIpc) is 2.70. The molecule has 6 nitrogen and oxygen atoms in total. The van der Waals surface area contributed by atoms with Crippen LogP contribution in [0, 0.1) is 24.0 Å². The highest BCUT2D eigenvalue weighted by atomic mass is 16.6. The highest BCUT2D eigenvalue weighted by Gasteiger charge is 2.21. The zero-order chi connectivity index (χ0) is 16.1. The fourth-order valence-electron chi connectivity index (χ4n) is 2.88. The summed E-state index contributed by atoms with van der Waals surface area (Å²) in [4.78, 5) is 24.2. The summed E-state index contributed by atoms with van der Waals surface area (Å²) in [6, 6.07) is 3.20. The third-order valence-electron chi connectivity index (χ3n) is 4.30. The zero-order valence-electron chi connectivity index (χ0n) is 13.3. The SMILES string of the molecule is Cc1cc(NC(=O)C[NH+]2CCCCCC2)c([N+](=O)[O-])cc1C. The van der Waals surface area contributed by atoms with Crippen molar-refractivity contribution < 1.29 is 14.6 Å². The van der Waals surface area contributed by atoms with Crippen molar-refractivity contribution in [1.82, 2.24) is 0 Å². The highest BCUT2D eigenvalue weighted by Crippen LogP contribution is 2.27. The van der Waals surface area contributed by atoms with Crippen LogP contribution in [0.3, 0.4) is 0 Å². The fraction of sp³-hybridized carbons (Fsp3) is 0.562. The number of amides is 1. The second kappa shape index (κ2) is 7.35. The molecule has 1 fully saturated rings. The number of rotatable bonds is 4. The normalized spacial score (nSPS) is 16.1. The number of aryl methyl sites for hydroxylation is 2. The molecule has 0 unspecified atom stereocenters. The molecule has 2 rings (SSSR count). The van der Waals surface area contributed by atoms with Crippen LogP contribution in [0.2, 0.25) is 0 Å². The number of nitrogens with zero attached hydrogens (tertiary/aromatic N) is 1. The Balaban J connectivity index is 2.07. The van der Waals surface area contributed by atoms with E-state index in [-0.39, 0.29) is 11.6 Å². The lowest BCUT2D eigenvalue weighted by Gasteiger charge is -2.16. The molecule has 0 spiro atoms. The molecular weight excluding hydrogens is 282 g/mol. The van der Waals surface area contributed by atoms with Crippen LogP contribution >= 0.6 is 0 Å². The topological polar surface area (TPSA) is 76.7 Å². The summed E-state index contributed by atoms with van der Waals surface area (Å²) in [7, 11) is 0. The molecule has 1 aromatic carbocycles. The fourth-order valence-corrected chi connectivity index (χ4v) is 2.88. The van der Waals surface area contributed by atoms with Crippen LogP contribution in [0.25, 0.3) is 0 Å². The largest absolute Gasteiger partial charge is 0.327 e. The summed E-state index contributed by atoms with van der Waals surface area (Å²) in [6.07, 6.45) is 4.75. The predicted molar refractivity (Wildman–Crippen MR) is 85.2 cm³/mol. The van der Waals surface area contributed by atoms with Crippen molar-refractivity contribution in [2.75, 3.05) is 25.0 Å². The Hall–Kier alpha value is -1.95. The minimum absolute atomic E-state index is 0.0395. The molecule has 1 amide bonds. The first-order valence-electron chi connectivity index (χ1n) is 7.86. The minimum Gasteiger partial charge on any atom is -0.327 e. The van der Waals surface area contributed by atoms with E-state index in [0.717, 1.165) is 37.1 Å². The Morgan fingerprint density at radius 3 is 2.36 bits per heavy atom. The Labute approximate surface area is 130 Å². The highest BCUT2D eigenvalue weighted by molar-refractivity contribution is 5.94. The minimum atomic E-state index is -0.444. The van der Waals surface area contributed by atoms with Crippen LogP contribution in [0.15, 0.2) is 12.1 Å². The smallest absolute Gasteiger partial charge is 0.293 e. The van der Waals surface area contributed by atoms with E-state index in [2.05, 4.69) is 5.32 Å². The van der Waals surface area contributed by atoms with Crippen LogP contribution in [0.4, 0.5) is 11.4 Å². The number of hydrogen-bond donors (Lipinski definition) is 2. The van der Waals surface area contributed by atoms with Crippen LogP contribution in [0.5, 0.6) is 0 Å². The molecule has 0 aromatic heterocycles. The van der Waals surface area contributed by atoms with Gasteiger partial charge in [-0.25, -0.2) is 0 Å². The molecular formula is C16H24N3O3+. The van der Waals surface area contributed by atoms with Crippen molar-refractivity contribution in [2.45, 2.75) is 39.5 Å². The van der Waals surface area contributed by atoms with E-state index in [4.69, 9.17) is 0 Å². The number of quaternary nitrogens is 1. The van der Waals surface area contributed by atoms with Crippen molar-refractivity contribution in [2.24, 2.45) is 0 Å². The number of nitrogens with one attached hydrogen (secondary N) is 2. The van der Waals surface area contributed by atoms with E-state index in [0.29, 0.717) is 12.2 Å². The lowest BCUT2D eigenvalue weighted by atomic mass is 10.1. The van der Waals surface area contributed by atoms with Crippen molar-refractivity contribution in [3.63, 3.8) is 0 Å². The van der Waals surface area contributed by atoms with Gasteiger partial charge in [-0.05, 0) is 56.7 Å². The summed E-state index contributed by atoms with van der Waals surface area (Å²) in [5, 5.41) is 13.9. The lowest BCUT2D eigenvalue weighted by Crippen LogP contribution is -3.12. The Morgan fingerprint density at radius 2 is 1.77 bits per heavy atom. The van der Waals surface area contributed by atoms with E-state index in [1.165, 1.54) is 23.8 Å². The second-order valence-corrected chi connectivity index (χ2v) is 6.10. The molecule has 0 saturated carbocycles. The van der Waals surface area contributed by atoms with Crippen LogP contribution in [0.1, 0.15) is 36.8 Å². The maximum Gasteiger partial charge on any atom is 0.293 e. The van der Waals surface area contributed by atoms with Gasteiger partial charge in [0.05, 0.1) is 18.0 Å². The first kappa shape index (κ1) is 16.4. The average molecular weight is 306 g/mol. The van der Waals surface area contributed by atoms with E-state index >= 15 is 0 Å². The van der Waals surface area contributed by atoms with Crippen molar-refractivity contribution in [1.29, 1.82) is 0 Å². The number of hydrogen-bond acceptors (Lipinski definition) is 3. The third-order valence-corrected chi connectivity index (χ3v) is 4.30. The molecule has 1 saturated heterocycles. The number of likely N-dealkylation sites (tertiary alicyclic amines) is 1. The van der Waals surface area contributed by atoms with E-state index < -0.39 is 4.92 Å². The third kappa shape index (κ3) is 4.27. The van der Waals surface area contributed by atoms with E-state index in [1.807, 2.05) is 13.8 Å². The summed E-state index contributed by atoms with van der Waals surface area (Å²) in [6.45, 7) is 6.10. The van der Waals surface area contributed by atoms with Crippen LogP contribution < -0.4 is 10.2 Å². The predicted octanol–water partition coefficient (Wildman–Crippen LogP) is 1.61. The van der Waals surface area contributed by atoms with Gasteiger partial charge in [0, 0.05) is 6.07 Å². The summed E-state index contributed by atoms with van der Waals surface area (Å²) in [5.74, 6) is -0.150. The summed E-state index contributed by atoms with van der Waals surface area (Å²) in [5.41, 5.74) is 2.04. The van der Waals surface area contributed by atoms with Gasteiger partial charge >= 0.3 is 0 Å². The molecule has 0 bridgehead atoms. The number of carbonyl (C=O) groups is 1. The molecule has 1 aromatic rings. The van der Waals surface area contributed by atoms with Crippen LogP contribution in [-0.2, 0) is 4.79 Å². The molecule has 1 heterocycles. The molecule has 2 N–H and O–H groups in total. The zero-order valence-corrected chi connectivity index (χ0v) is 13.3. The number of nitro benzene ring substituents is 1. The number of nitro groups is 1. The van der Waals surface area contributed by atoms with Crippen molar-refractivity contribution in [3.8, 4) is 0 Å². The molecule has 1 aliphatic rings. The molecule has 1 aliphatic heterocycles. The number of anilines is 1. The van der Waals surface area contributed by atoms with Gasteiger partial charge in [-0.15, -0.1) is 0 Å². The summed E-state index contributed by atoms with van der Waals surface area (Å²) < 4.78 is 0. The van der Waals surface area contributed by atoms with E-state index in [9.17, 15) is 14.9 Å². The monoisotopic (exact) mass is 306 g/mol. The molecule has 0 radical (unpaired) electrons. The number of carbonyl (C=O) groups excluding carboxylic acids is 1. The van der Waals surface area contributed by atoms with Crippen molar-refractivity contribution in [3.05, 3.63) is 33.4 Å². The molecule has 0 aliphatic carbocycles. The van der Waals surface area contributed by atoms with Crippen molar-refractivity contribution >= 4 is 17.3 Å². The van der Waals surface area contributed by atoms with Gasteiger partial charge in [-0.2, -0.15) is 0 Å². The molecule has 120 valence electrons. The maximum absolute atomic E-state index is 12.2. The van der Waals surface area contributed by atoms with Crippen LogP contribution in [-0.4, -0.2) is 30.5 Å². The maximum atomic E-state index is 12.2. The quantitative estimate of drug-likeness (QED) is 0.655. The summed E-state index contributed by atoms with van der Waals surface area (Å²) >= 11 is 0.